The lowest BCUT2D eigenvalue weighted by Gasteiger charge is -2.41. The fourth-order valence-electron chi connectivity index (χ4n) is 7.18. The molecule has 6 aromatic carbocycles. The lowest BCUT2D eigenvalue weighted by atomic mass is 9.73. The van der Waals surface area contributed by atoms with Gasteiger partial charge in [-0.05, 0) is 35.4 Å². The molecule has 3 heterocycles. The van der Waals surface area contributed by atoms with E-state index in [1.807, 2.05) is 36.4 Å². The van der Waals surface area contributed by atoms with Gasteiger partial charge in [0.05, 0.1) is 22.4 Å². The van der Waals surface area contributed by atoms with Gasteiger partial charge in [0.1, 0.15) is 0 Å². The van der Waals surface area contributed by atoms with Crippen LogP contribution in [0.1, 0.15) is 25.0 Å². The molecule has 0 fully saturated rings. The standard InChI is InChI=1S/C42H31N5/c1-42(2)33-23-13-15-25-36(33)47(41-44-39(28-16-6-3-7-17-28)43-40(45-41)29-18-8-4-9-19-29)38-34(42)27-26-32-31-22-12-14-24-35(31)46(37(32)38)30-20-10-5-11-21-30/h3-27H,1-2H3. The van der Waals surface area contributed by atoms with E-state index in [-0.39, 0.29) is 5.41 Å². The molecule has 0 aliphatic carbocycles. The summed E-state index contributed by atoms with van der Waals surface area (Å²) in [6.45, 7) is 4.64. The van der Waals surface area contributed by atoms with Crippen LogP contribution in [-0.2, 0) is 5.41 Å². The molecule has 2 aromatic heterocycles. The minimum absolute atomic E-state index is 0.286. The maximum Gasteiger partial charge on any atom is 0.238 e. The molecule has 1 aliphatic heterocycles. The SMILES string of the molecule is CC1(C)c2ccccc2N(c2nc(-c3ccccc3)nc(-c3ccccc3)n2)c2c1ccc1c3ccccc3n(-c3ccccc3)c21. The summed E-state index contributed by atoms with van der Waals surface area (Å²) in [5, 5.41) is 2.39. The van der Waals surface area contributed by atoms with E-state index in [4.69, 9.17) is 15.0 Å². The highest BCUT2D eigenvalue weighted by molar-refractivity contribution is 6.15. The van der Waals surface area contributed by atoms with Crippen molar-refractivity contribution in [3.63, 3.8) is 0 Å². The Morgan fingerprint density at radius 1 is 0.489 bits per heavy atom. The van der Waals surface area contributed by atoms with Gasteiger partial charge in [0, 0.05) is 33.0 Å². The van der Waals surface area contributed by atoms with Gasteiger partial charge in [-0.3, -0.25) is 4.90 Å². The van der Waals surface area contributed by atoms with Crippen LogP contribution < -0.4 is 4.90 Å². The van der Waals surface area contributed by atoms with Crippen LogP contribution in [0.5, 0.6) is 0 Å². The molecule has 1 aliphatic rings. The van der Waals surface area contributed by atoms with Crippen molar-refractivity contribution in [2.24, 2.45) is 0 Å². The van der Waals surface area contributed by atoms with Gasteiger partial charge in [-0.15, -0.1) is 0 Å². The molecule has 0 radical (unpaired) electrons. The van der Waals surface area contributed by atoms with E-state index in [1.54, 1.807) is 0 Å². The Labute approximate surface area is 273 Å². The van der Waals surface area contributed by atoms with Crippen LogP contribution in [0.3, 0.4) is 0 Å². The van der Waals surface area contributed by atoms with E-state index in [0.29, 0.717) is 17.6 Å². The number of rotatable bonds is 4. The topological polar surface area (TPSA) is 46.8 Å². The van der Waals surface area contributed by atoms with E-state index < -0.39 is 0 Å². The quantitative estimate of drug-likeness (QED) is 0.200. The Morgan fingerprint density at radius 3 is 1.74 bits per heavy atom. The first kappa shape index (κ1) is 27.3. The number of aromatic nitrogens is 4. The van der Waals surface area contributed by atoms with E-state index in [9.17, 15) is 0 Å². The highest BCUT2D eigenvalue weighted by atomic mass is 15.3. The zero-order valence-electron chi connectivity index (χ0n) is 26.2. The van der Waals surface area contributed by atoms with E-state index in [1.165, 1.54) is 21.9 Å². The molecule has 5 nitrogen and oxygen atoms in total. The van der Waals surface area contributed by atoms with Crippen LogP contribution in [0, 0.1) is 0 Å². The second kappa shape index (κ2) is 10.5. The summed E-state index contributed by atoms with van der Waals surface area (Å²) in [6.07, 6.45) is 0. The van der Waals surface area contributed by atoms with E-state index in [0.717, 1.165) is 39.2 Å². The monoisotopic (exact) mass is 605 g/mol. The molecular weight excluding hydrogens is 574 g/mol. The average molecular weight is 606 g/mol. The minimum atomic E-state index is -0.286. The summed E-state index contributed by atoms with van der Waals surface area (Å²) < 4.78 is 2.40. The minimum Gasteiger partial charge on any atom is -0.307 e. The second-order valence-electron chi connectivity index (χ2n) is 12.5. The molecule has 0 bridgehead atoms. The van der Waals surface area contributed by atoms with Gasteiger partial charge in [0.2, 0.25) is 5.95 Å². The number of nitrogens with zero attached hydrogens (tertiary/aromatic N) is 5. The lowest BCUT2D eigenvalue weighted by Crippen LogP contribution is -2.32. The van der Waals surface area contributed by atoms with Gasteiger partial charge in [0.25, 0.3) is 0 Å². The molecule has 0 spiro atoms. The molecule has 0 saturated carbocycles. The van der Waals surface area contributed by atoms with Crippen LogP contribution in [0.15, 0.2) is 152 Å². The fourth-order valence-corrected chi connectivity index (χ4v) is 7.18. The van der Waals surface area contributed by atoms with Crippen molar-refractivity contribution in [3.8, 4) is 28.5 Å². The number of hydrogen-bond donors (Lipinski definition) is 0. The summed E-state index contributed by atoms with van der Waals surface area (Å²) in [7, 11) is 0. The third kappa shape index (κ3) is 4.20. The Bertz CT molecular complexity index is 2370. The summed E-state index contributed by atoms with van der Waals surface area (Å²) in [5.74, 6) is 1.85. The molecule has 0 N–H and O–H groups in total. The Hall–Kier alpha value is -6.07. The van der Waals surface area contributed by atoms with E-state index >= 15 is 0 Å². The highest BCUT2D eigenvalue weighted by Crippen LogP contribution is 2.55. The number of fused-ring (bicyclic) bond motifs is 6. The molecule has 9 rings (SSSR count). The average Bonchev–Trinajstić information content (AvgIpc) is 3.47. The summed E-state index contributed by atoms with van der Waals surface area (Å²) in [5.41, 5.74) is 9.56. The van der Waals surface area contributed by atoms with Gasteiger partial charge in [-0.2, -0.15) is 9.97 Å². The number of para-hydroxylation sites is 3. The summed E-state index contributed by atoms with van der Waals surface area (Å²) in [6, 6.07) is 52.9. The van der Waals surface area contributed by atoms with Crippen molar-refractivity contribution in [1.29, 1.82) is 0 Å². The predicted octanol–water partition coefficient (Wildman–Crippen LogP) is 10.4. The molecule has 224 valence electrons. The summed E-state index contributed by atoms with van der Waals surface area (Å²) in [4.78, 5) is 17.8. The first-order valence-electron chi connectivity index (χ1n) is 16.0. The highest BCUT2D eigenvalue weighted by Gasteiger charge is 2.40. The van der Waals surface area contributed by atoms with Crippen molar-refractivity contribution in [2.45, 2.75) is 19.3 Å². The largest absolute Gasteiger partial charge is 0.307 e. The number of benzene rings is 6. The first-order valence-corrected chi connectivity index (χ1v) is 16.0. The van der Waals surface area contributed by atoms with Crippen LogP contribution >= 0.6 is 0 Å². The first-order chi connectivity index (χ1) is 23.1. The van der Waals surface area contributed by atoms with Crippen LogP contribution in [-0.4, -0.2) is 19.5 Å². The Balaban J connectivity index is 1.44. The van der Waals surface area contributed by atoms with Crippen LogP contribution in [0.4, 0.5) is 17.3 Å². The van der Waals surface area contributed by atoms with Gasteiger partial charge in [0.15, 0.2) is 11.6 Å². The predicted molar refractivity (Wildman–Crippen MR) is 192 cm³/mol. The normalized spacial score (nSPS) is 13.4. The van der Waals surface area contributed by atoms with Gasteiger partial charge in [-0.25, -0.2) is 4.98 Å². The third-order valence-electron chi connectivity index (χ3n) is 9.43. The molecule has 0 unspecified atom stereocenters. The van der Waals surface area contributed by atoms with Gasteiger partial charge >= 0.3 is 0 Å². The van der Waals surface area contributed by atoms with Gasteiger partial charge in [-0.1, -0.05) is 141 Å². The van der Waals surface area contributed by atoms with Crippen molar-refractivity contribution >= 4 is 39.1 Å². The van der Waals surface area contributed by atoms with Crippen LogP contribution in [0.2, 0.25) is 0 Å². The second-order valence-corrected chi connectivity index (χ2v) is 12.5. The Morgan fingerprint density at radius 2 is 1.06 bits per heavy atom. The zero-order valence-corrected chi connectivity index (χ0v) is 26.2. The van der Waals surface area contributed by atoms with Crippen molar-refractivity contribution in [1.82, 2.24) is 19.5 Å². The fraction of sp³-hybridized carbons (Fsp3) is 0.0714. The van der Waals surface area contributed by atoms with Gasteiger partial charge < -0.3 is 4.57 Å². The smallest absolute Gasteiger partial charge is 0.238 e. The number of anilines is 3. The van der Waals surface area contributed by atoms with Crippen molar-refractivity contribution in [3.05, 3.63) is 163 Å². The maximum atomic E-state index is 5.26. The zero-order chi connectivity index (χ0) is 31.5. The lowest BCUT2D eigenvalue weighted by molar-refractivity contribution is 0.631. The molecule has 0 atom stereocenters. The van der Waals surface area contributed by atoms with Crippen molar-refractivity contribution in [2.75, 3.05) is 4.90 Å². The molecule has 8 aromatic rings. The summed E-state index contributed by atoms with van der Waals surface area (Å²) >= 11 is 0. The molecular formula is C42H31N5. The number of hydrogen-bond acceptors (Lipinski definition) is 4. The maximum absolute atomic E-state index is 5.26. The molecule has 0 saturated heterocycles. The molecule has 5 heteroatoms. The van der Waals surface area contributed by atoms with E-state index in [2.05, 4.69) is 139 Å². The molecule has 47 heavy (non-hydrogen) atoms. The third-order valence-corrected chi connectivity index (χ3v) is 9.43. The van der Waals surface area contributed by atoms with Crippen LogP contribution in [0.25, 0.3) is 50.3 Å². The Kier molecular flexibility index (Phi) is 6.09. The molecule has 0 amide bonds. The van der Waals surface area contributed by atoms with Crippen molar-refractivity contribution < 1.29 is 0 Å².